The van der Waals surface area contributed by atoms with E-state index in [4.69, 9.17) is 0 Å². The molecule has 0 aliphatic carbocycles. The van der Waals surface area contributed by atoms with Crippen LogP contribution in [0, 0.1) is 19.8 Å². The Labute approximate surface area is 231 Å². The van der Waals surface area contributed by atoms with Crippen molar-refractivity contribution in [1.29, 1.82) is 0 Å². The normalized spacial score (nSPS) is 17.0. The lowest BCUT2D eigenvalue weighted by Gasteiger charge is -2.31. The molecule has 0 saturated carbocycles. The van der Waals surface area contributed by atoms with E-state index in [9.17, 15) is 9.90 Å². The molecule has 6 heteroatoms. The predicted octanol–water partition coefficient (Wildman–Crippen LogP) is 6.65. The third-order valence-corrected chi connectivity index (χ3v) is 8.63. The van der Waals surface area contributed by atoms with Gasteiger partial charge in [-0.2, -0.15) is 0 Å². The Bertz CT molecular complexity index is 1470. The van der Waals surface area contributed by atoms with Crippen molar-refractivity contribution in [1.82, 2.24) is 19.9 Å². The zero-order valence-corrected chi connectivity index (χ0v) is 23.7. The fourth-order valence-electron chi connectivity index (χ4n) is 6.23. The molecule has 0 saturated heterocycles. The molecule has 1 aromatic heterocycles. The number of rotatable bonds is 8. The molecule has 0 amide bonds. The highest BCUT2D eigenvalue weighted by Crippen LogP contribution is 2.35. The summed E-state index contributed by atoms with van der Waals surface area (Å²) in [5, 5.41) is 18.6. The number of aromatic nitrogens is 3. The van der Waals surface area contributed by atoms with Crippen LogP contribution in [0.3, 0.4) is 0 Å². The summed E-state index contributed by atoms with van der Waals surface area (Å²) in [6.07, 6.45) is 3.59. The number of hydrogen-bond acceptors (Lipinski definition) is 4. The first-order chi connectivity index (χ1) is 18.9. The highest BCUT2D eigenvalue weighted by atomic mass is 16.4. The van der Waals surface area contributed by atoms with Gasteiger partial charge in [0, 0.05) is 32.1 Å². The molecule has 0 bridgehead atoms. The molecule has 1 aliphatic heterocycles. The second kappa shape index (κ2) is 11.7. The van der Waals surface area contributed by atoms with Crippen molar-refractivity contribution in [3.63, 3.8) is 0 Å². The summed E-state index contributed by atoms with van der Waals surface area (Å²) in [4.78, 5) is 14.7. The molecule has 0 spiro atoms. The van der Waals surface area contributed by atoms with Gasteiger partial charge in [0.25, 0.3) is 0 Å². The van der Waals surface area contributed by atoms with Crippen molar-refractivity contribution < 1.29 is 9.90 Å². The fourth-order valence-corrected chi connectivity index (χ4v) is 6.23. The molecular weight excluding hydrogens is 484 g/mol. The number of fused-ring (bicyclic) bond motifs is 2. The van der Waals surface area contributed by atoms with Crippen LogP contribution in [0.25, 0.3) is 11.0 Å². The van der Waals surface area contributed by atoms with Crippen molar-refractivity contribution >= 4 is 17.0 Å². The maximum atomic E-state index is 12.1. The minimum absolute atomic E-state index is 0.0335. The molecule has 204 valence electrons. The van der Waals surface area contributed by atoms with Crippen molar-refractivity contribution in [2.75, 3.05) is 6.54 Å². The summed E-state index contributed by atoms with van der Waals surface area (Å²) in [7, 11) is 0. The summed E-state index contributed by atoms with van der Waals surface area (Å²) in [6.45, 7) is 12.2. The molecule has 5 rings (SSSR count). The molecule has 39 heavy (non-hydrogen) atoms. The van der Waals surface area contributed by atoms with Crippen LogP contribution in [0.2, 0.25) is 0 Å². The Morgan fingerprint density at radius 3 is 2.62 bits per heavy atom. The molecule has 1 N–H and O–H groups in total. The van der Waals surface area contributed by atoms with Gasteiger partial charge in [0.1, 0.15) is 5.52 Å². The van der Waals surface area contributed by atoms with Gasteiger partial charge < -0.3 is 5.11 Å². The first kappa shape index (κ1) is 27.1. The number of aliphatic carboxylic acids is 1. The van der Waals surface area contributed by atoms with Crippen LogP contribution in [-0.2, 0) is 30.8 Å². The van der Waals surface area contributed by atoms with E-state index in [0.717, 1.165) is 60.3 Å². The van der Waals surface area contributed by atoms with E-state index in [2.05, 4.69) is 77.6 Å². The van der Waals surface area contributed by atoms with Crippen LogP contribution >= 0.6 is 0 Å². The fraction of sp³-hybridized carbons (Fsp3) is 0.424. The van der Waals surface area contributed by atoms with Gasteiger partial charge >= 0.3 is 5.97 Å². The van der Waals surface area contributed by atoms with Gasteiger partial charge in [0.05, 0.1) is 11.9 Å². The average molecular weight is 525 g/mol. The number of carbonyl (C=O) groups is 1. The summed E-state index contributed by atoms with van der Waals surface area (Å²) < 4.78 is 1.88. The topological polar surface area (TPSA) is 71.2 Å². The second-order valence-corrected chi connectivity index (χ2v) is 11.1. The molecule has 2 atom stereocenters. The first-order valence-electron chi connectivity index (χ1n) is 14.3. The molecule has 4 aromatic rings. The zero-order chi connectivity index (χ0) is 27.5. The van der Waals surface area contributed by atoms with Crippen molar-refractivity contribution in [2.24, 2.45) is 5.92 Å². The van der Waals surface area contributed by atoms with Gasteiger partial charge in [-0.3, -0.25) is 9.69 Å². The van der Waals surface area contributed by atoms with Gasteiger partial charge in [0.2, 0.25) is 0 Å². The van der Waals surface area contributed by atoms with E-state index in [0.29, 0.717) is 5.92 Å². The Morgan fingerprint density at radius 2 is 1.87 bits per heavy atom. The van der Waals surface area contributed by atoms with Crippen LogP contribution in [0.15, 0.2) is 54.6 Å². The minimum Gasteiger partial charge on any atom is -0.481 e. The molecule has 6 nitrogen and oxygen atoms in total. The summed E-state index contributed by atoms with van der Waals surface area (Å²) in [6, 6.07) is 19.5. The van der Waals surface area contributed by atoms with Crippen LogP contribution in [-0.4, -0.2) is 37.5 Å². The van der Waals surface area contributed by atoms with E-state index in [-0.39, 0.29) is 12.3 Å². The lowest BCUT2D eigenvalue weighted by Crippen LogP contribution is -2.31. The Hall–Kier alpha value is -3.51. The largest absolute Gasteiger partial charge is 0.481 e. The molecule has 2 heterocycles. The van der Waals surface area contributed by atoms with Crippen LogP contribution in [0.4, 0.5) is 0 Å². The highest BCUT2D eigenvalue weighted by molar-refractivity contribution is 5.80. The van der Waals surface area contributed by atoms with Crippen LogP contribution < -0.4 is 0 Å². The highest BCUT2D eigenvalue weighted by Gasteiger charge is 2.24. The summed E-state index contributed by atoms with van der Waals surface area (Å²) in [5.41, 5.74) is 10.3. The Morgan fingerprint density at radius 1 is 1.08 bits per heavy atom. The lowest BCUT2D eigenvalue weighted by atomic mass is 9.84. The Balaban J connectivity index is 1.50. The van der Waals surface area contributed by atoms with Crippen molar-refractivity contribution in [3.8, 4) is 0 Å². The molecule has 0 unspecified atom stereocenters. The number of carboxylic acid groups (broad SMARTS) is 1. The third kappa shape index (κ3) is 5.76. The minimum atomic E-state index is -0.801. The van der Waals surface area contributed by atoms with Gasteiger partial charge in [-0.25, -0.2) is 4.68 Å². The standard InChI is InChI=1S/C33H40N4O2/c1-5-24-12-14-25-9-7-8-10-27(25)20-36(19-24)21-28-17-26(13-11-22(28)3)30(18-32(38)39)29-15-16-31-33(23(29)4)34-35-37(31)6-2/h7-11,13,15-17,24,30H,5-6,12,14,18-21H2,1-4H3,(H,38,39)/t24-,30-/m0/s1. The van der Waals surface area contributed by atoms with E-state index in [1.807, 2.05) is 24.6 Å². The number of aryl methyl sites for hydroxylation is 4. The average Bonchev–Trinajstić information content (AvgIpc) is 3.34. The van der Waals surface area contributed by atoms with Crippen molar-refractivity contribution in [3.05, 3.63) is 93.5 Å². The zero-order valence-electron chi connectivity index (χ0n) is 23.7. The monoisotopic (exact) mass is 524 g/mol. The number of carboxylic acids is 1. The quantitative estimate of drug-likeness (QED) is 0.279. The van der Waals surface area contributed by atoms with Gasteiger partial charge in [-0.15, -0.1) is 5.10 Å². The maximum Gasteiger partial charge on any atom is 0.304 e. The first-order valence-corrected chi connectivity index (χ1v) is 14.3. The van der Waals surface area contributed by atoms with E-state index in [1.54, 1.807) is 0 Å². The Kier molecular flexibility index (Phi) is 8.12. The maximum absolute atomic E-state index is 12.1. The van der Waals surface area contributed by atoms with Gasteiger partial charge in [-0.1, -0.05) is 67.1 Å². The van der Waals surface area contributed by atoms with Crippen LogP contribution in [0.1, 0.15) is 78.0 Å². The predicted molar refractivity (Wildman–Crippen MR) is 156 cm³/mol. The summed E-state index contributed by atoms with van der Waals surface area (Å²) >= 11 is 0. The lowest BCUT2D eigenvalue weighted by molar-refractivity contribution is -0.137. The van der Waals surface area contributed by atoms with E-state index >= 15 is 0 Å². The van der Waals surface area contributed by atoms with E-state index < -0.39 is 5.97 Å². The number of benzene rings is 3. The SMILES string of the molecule is CC[C@H]1CCc2ccccc2CN(Cc2cc([C@H](CC(=O)O)c3ccc4c(nnn4CC)c3C)ccc2C)C1. The molecule has 3 aromatic carbocycles. The smallest absolute Gasteiger partial charge is 0.304 e. The molecule has 1 aliphatic rings. The molecule has 0 fully saturated rings. The van der Waals surface area contributed by atoms with E-state index in [1.165, 1.54) is 35.1 Å². The third-order valence-electron chi connectivity index (χ3n) is 8.63. The second-order valence-electron chi connectivity index (χ2n) is 11.1. The summed E-state index contributed by atoms with van der Waals surface area (Å²) in [5.74, 6) is -0.382. The van der Waals surface area contributed by atoms with Gasteiger partial charge in [-0.05, 0) is 84.5 Å². The van der Waals surface area contributed by atoms with Crippen molar-refractivity contribution in [2.45, 2.75) is 78.9 Å². The molecule has 0 radical (unpaired) electrons. The number of nitrogens with zero attached hydrogens (tertiary/aromatic N) is 4. The number of hydrogen-bond donors (Lipinski definition) is 1. The van der Waals surface area contributed by atoms with Gasteiger partial charge in [0.15, 0.2) is 0 Å². The molecular formula is C33H40N4O2. The van der Waals surface area contributed by atoms with Crippen LogP contribution in [0.5, 0.6) is 0 Å².